The summed E-state index contributed by atoms with van der Waals surface area (Å²) in [6.45, 7) is 7.95. The molecule has 31 heavy (non-hydrogen) atoms. The fourth-order valence-corrected chi connectivity index (χ4v) is 4.97. The van der Waals surface area contributed by atoms with Crippen LogP contribution in [0.3, 0.4) is 0 Å². The maximum Gasteiger partial charge on any atom is 0.139 e. The number of ether oxygens (including phenoxy) is 1. The largest absolute Gasteiger partial charge is 0.385 e. The van der Waals surface area contributed by atoms with E-state index in [1.165, 1.54) is 17.0 Å². The number of halogens is 3. The van der Waals surface area contributed by atoms with E-state index in [1.54, 1.807) is 24.5 Å². The Morgan fingerprint density at radius 1 is 1.26 bits per heavy atom. The average Bonchev–Trinajstić information content (AvgIpc) is 3.05. The van der Waals surface area contributed by atoms with Gasteiger partial charge in [-0.2, -0.15) is 0 Å². The number of nitrogens with one attached hydrogen (secondary N) is 1. The molecule has 1 aromatic heterocycles. The van der Waals surface area contributed by atoms with Gasteiger partial charge in [0.2, 0.25) is 0 Å². The fourth-order valence-electron chi connectivity index (χ4n) is 3.90. The van der Waals surface area contributed by atoms with Crippen LogP contribution in [0.25, 0.3) is 0 Å². The van der Waals surface area contributed by atoms with Gasteiger partial charge >= 0.3 is 0 Å². The molecule has 5 nitrogen and oxygen atoms in total. The first-order valence-electron chi connectivity index (χ1n) is 10.2. The second-order valence-corrected chi connectivity index (χ2v) is 9.21. The summed E-state index contributed by atoms with van der Waals surface area (Å²) >= 11 is 1.74. The summed E-state index contributed by atoms with van der Waals surface area (Å²) in [5.41, 5.74) is 2.62. The van der Waals surface area contributed by atoms with E-state index >= 15 is 0 Å². The maximum absolute atomic E-state index is 13.9. The fraction of sp³-hybridized carbons (Fsp3) is 0.500. The predicted molar refractivity (Wildman–Crippen MR) is 133 cm³/mol. The monoisotopic (exact) mass is 488 g/mol. The minimum Gasteiger partial charge on any atom is -0.385 e. The molecule has 2 aromatic rings. The Hall–Kier alpha value is -1.38. The lowest BCUT2D eigenvalue weighted by Crippen LogP contribution is -2.53. The number of likely N-dealkylation sites (N-methyl/N-ethyl adjacent to an activating group) is 1. The van der Waals surface area contributed by atoms with Crippen LogP contribution in [0, 0.1) is 5.82 Å². The number of aliphatic imine (C=N–C) groups is 1. The highest BCUT2D eigenvalue weighted by Gasteiger charge is 2.30. The van der Waals surface area contributed by atoms with Crippen LogP contribution in [-0.4, -0.2) is 62.1 Å². The summed E-state index contributed by atoms with van der Waals surface area (Å²) in [5, 5.41) is 4.49. The number of rotatable bonds is 4. The van der Waals surface area contributed by atoms with E-state index in [2.05, 4.69) is 42.1 Å². The molecule has 0 unspecified atom stereocenters. The smallest absolute Gasteiger partial charge is 0.139 e. The molecule has 0 amide bonds. The molecule has 0 bridgehead atoms. The van der Waals surface area contributed by atoms with E-state index in [0.29, 0.717) is 12.0 Å². The van der Waals surface area contributed by atoms with Crippen LogP contribution in [0.15, 0.2) is 29.3 Å². The zero-order valence-electron chi connectivity index (χ0n) is 18.4. The SMILES string of the molecule is COCC[C@H]1CN(C2=Nc3ccc(F)cc3Nc3sc(C(C)C)cc32)CCN1C.Cl.Cl. The number of hydrogen-bond donors (Lipinski definition) is 1. The van der Waals surface area contributed by atoms with Gasteiger partial charge < -0.3 is 15.0 Å². The van der Waals surface area contributed by atoms with Crippen LogP contribution in [0.2, 0.25) is 0 Å². The third kappa shape index (κ3) is 5.52. The van der Waals surface area contributed by atoms with E-state index in [4.69, 9.17) is 9.73 Å². The van der Waals surface area contributed by atoms with E-state index in [0.717, 1.165) is 60.4 Å². The van der Waals surface area contributed by atoms with Gasteiger partial charge in [-0.25, -0.2) is 9.38 Å². The molecule has 0 spiro atoms. The molecule has 3 heterocycles. The van der Waals surface area contributed by atoms with Crippen molar-refractivity contribution < 1.29 is 9.13 Å². The van der Waals surface area contributed by atoms with Gasteiger partial charge in [-0.15, -0.1) is 36.2 Å². The molecule has 0 radical (unpaired) electrons. The Balaban J connectivity index is 0.00000171. The van der Waals surface area contributed by atoms with Gasteiger partial charge in [0.15, 0.2) is 0 Å². The summed E-state index contributed by atoms with van der Waals surface area (Å²) < 4.78 is 19.2. The molecular weight excluding hydrogens is 458 g/mol. The first-order valence-corrected chi connectivity index (χ1v) is 11.0. The van der Waals surface area contributed by atoms with Crippen LogP contribution in [0.5, 0.6) is 0 Å². The van der Waals surface area contributed by atoms with Crippen molar-refractivity contribution >= 4 is 58.4 Å². The Morgan fingerprint density at radius 2 is 2.03 bits per heavy atom. The summed E-state index contributed by atoms with van der Waals surface area (Å²) in [4.78, 5) is 11.1. The number of thiophene rings is 1. The lowest BCUT2D eigenvalue weighted by Gasteiger charge is -2.40. The van der Waals surface area contributed by atoms with Gasteiger partial charge in [0.1, 0.15) is 16.7 Å². The normalized spacial score (nSPS) is 18.2. The maximum atomic E-state index is 13.9. The molecule has 1 atom stereocenters. The van der Waals surface area contributed by atoms with Crippen LogP contribution in [0.4, 0.5) is 20.8 Å². The quantitative estimate of drug-likeness (QED) is 0.603. The van der Waals surface area contributed by atoms with Gasteiger partial charge in [-0.3, -0.25) is 4.90 Å². The summed E-state index contributed by atoms with van der Waals surface area (Å²) in [5.74, 6) is 1.16. The van der Waals surface area contributed by atoms with Crippen molar-refractivity contribution in [3.8, 4) is 0 Å². The molecule has 0 aliphatic carbocycles. The number of methoxy groups -OCH3 is 1. The number of fused-ring (bicyclic) bond motifs is 2. The predicted octanol–water partition coefficient (Wildman–Crippen LogP) is 5.64. The van der Waals surface area contributed by atoms with Crippen molar-refractivity contribution in [2.45, 2.75) is 32.2 Å². The van der Waals surface area contributed by atoms with Crippen molar-refractivity contribution in [3.63, 3.8) is 0 Å². The lowest BCUT2D eigenvalue weighted by atomic mass is 10.1. The van der Waals surface area contributed by atoms with Crippen molar-refractivity contribution in [2.75, 3.05) is 45.7 Å². The second-order valence-electron chi connectivity index (χ2n) is 8.13. The van der Waals surface area contributed by atoms with Crippen LogP contribution in [0.1, 0.15) is 36.6 Å². The summed E-state index contributed by atoms with van der Waals surface area (Å²) in [7, 11) is 3.93. The number of nitrogens with zero attached hydrogens (tertiary/aromatic N) is 3. The molecule has 4 rings (SSSR count). The number of amidine groups is 1. The van der Waals surface area contributed by atoms with Gasteiger partial charge in [0, 0.05) is 44.3 Å². The van der Waals surface area contributed by atoms with Gasteiger partial charge in [0.25, 0.3) is 0 Å². The minimum atomic E-state index is -0.253. The molecule has 1 aromatic carbocycles. The summed E-state index contributed by atoms with van der Waals surface area (Å²) in [6.07, 6.45) is 0.991. The molecule has 0 saturated carbocycles. The molecule has 2 aliphatic heterocycles. The van der Waals surface area contributed by atoms with E-state index in [9.17, 15) is 4.39 Å². The van der Waals surface area contributed by atoms with Crippen LogP contribution >= 0.6 is 36.2 Å². The summed E-state index contributed by atoms with van der Waals surface area (Å²) in [6, 6.07) is 7.44. The van der Waals surface area contributed by atoms with E-state index in [-0.39, 0.29) is 30.6 Å². The molecule has 9 heteroatoms. The molecule has 1 saturated heterocycles. The van der Waals surface area contributed by atoms with Crippen molar-refractivity contribution in [1.82, 2.24) is 9.80 Å². The number of hydrogen-bond acceptors (Lipinski definition) is 6. The van der Waals surface area contributed by atoms with Crippen LogP contribution in [-0.2, 0) is 4.74 Å². The Bertz CT molecular complexity index is 921. The van der Waals surface area contributed by atoms with Crippen molar-refractivity contribution in [2.24, 2.45) is 4.99 Å². The molecular formula is C22H31Cl2FN4OS. The van der Waals surface area contributed by atoms with E-state index in [1.807, 2.05) is 0 Å². The average molecular weight is 489 g/mol. The third-order valence-electron chi connectivity index (χ3n) is 5.73. The van der Waals surface area contributed by atoms with Gasteiger partial charge in [-0.1, -0.05) is 13.8 Å². The standard InChI is InChI=1S/C22H29FN4OS.2ClH/c1-14(2)20-12-17-21(27-9-8-26(3)16(13-27)7-10-28-4)24-18-6-5-15(23)11-19(18)25-22(17)29-20;;/h5-6,11-12,14,16,25H,7-10,13H2,1-4H3;2*1H/t16-;;/m0../s1. The number of piperazine rings is 1. The van der Waals surface area contributed by atoms with Gasteiger partial charge in [-0.05, 0) is 43.7 Å². The van der Waals surface area contributed by atoms with Gasteiger partial charge in [0.05, 0.1) is 16.9 Å². The van der Waals surface area contributed by atoms with Crippen LogP contribution < -0.4 is 5.32 Å². The lowest BCUT2D eigenvalue weighted by molar-refractivity contribution is 0.100. The Labute approximate surface area is 200 Å². The zero-order valence-corrected chi connectivity index (χ0v) is 20.8. The first kappa shape index (κ1) is 25.9. The Morgan fingerprint density at radius 3 is 2.74 bits per heavy atom. The molecule has 2 aliphatic rings. The zero-order chi connectivity index (χ0) is 20.5. The topological polar surface area (TPSA) is 40.1 Å². The second kappa shape index (κ2) is 11.0. The first-order chi connectivity index (χ1) is 14.0. The Kier molecular flexibility index (Phi) is 9.15. The molecule has 172 valence electrons. The number of benzene rings is 1. The minimum absolute atomic E-state index is 0. The molecule has 1 fully saturated rings. The molecule has 1 N–H and O–H groups in total. The van der Waals surface area contributed by atoms with E-state index < -0.39 is 0 Å². The van der Waals surface area contributed by atoms with Crippen molar-refractivity contribution in [3.05, 3.63) is 40.5 Å². The number of anilines is 2. The third-order valence-corrected chi connectivity index (χ3v) is 7.08. The highest BCUT2D eigenvalue weighted by atomic mass is 35.5. The highest BCUT2D eigenvalue weighted by Crippen LogP contribution is 2.41. The van der Waals surface area contributed by atoms with Crippen molar-refractivity contribution in [1.29, 1.82) is 0 Å². The highest BCUT2D eigenvalue weighted by molar-refractivity contribution is 7.16.